The molecule has 0 bridgehead atoms. The molecule has 1 heterocycles. The van der Waals surface area contributed by atoms with Gasteiger partial charge in [0.15, 0.2) is 0 Å². The summed E-state index contributed by atoms with van der Waals surface area (Å²) in [7, 11) is 1.48. The van der Waals surface area contributed by atoms with Crippen LogP contribution in [0.2, 0.25) is 0 Å². The normalized spacial score (nSPS) is 12.9. The van der Waals surface area contributed by atoms with E-state index in [-0.39, 0.29) is 0 Å². The predicted octanol–water partition coefficient (Wildman–Crippen LogP) is 2.01. The molecule has 1 N–H and O–H groups in total. The SMILES string of the molecule is CCNC(c1cncc(OC)c1)C(F)F. The van der Waals surface area contributed by atoms with Gasteiger partial charge >= 0.3 is 0 Å². The minimum Gasteiger partial charge on any atom is -0.495 e. The molecular formula is C10H14F2N2O. The molecule has 15 heavy (non-hydrogen) atoms. The summed E-state index contributed by atoms with van der Waals surface area (Å²) in [6.45, 7) is 2.26. The fourth-order valence-electron chi connectivity index (χ4n) is 1.29. The van der Waals surface area contributed by atoms with E-state index >= 15 is 0 Å². The van der Waals surface area contributed by atoms with Gasteiger partial charge in [0.2, 0.25) is 0 Å². The van der Waals surface area contributed by atoms with Gasteiger partial charge in [0.05, 0.1) is 19.3 Å². The zero-order chi connectivity index (χ0) is 11.3. The quantitative estimate of drug-likeness (QED) is 0.817. The van der Waals surface area contributed by atoms with Crippen LogP contribution in [0.1, 0.15) is 18.5 Å². The summed E-state index contributed by atoms with van der Waals surface area (Å²) in [6, 6.07) is 0.574. The van der Waals surface area contributed by atoms with Crippen LogP contribution in [0, 0.1) is 0 Å². The maximum Gasteiger partial charge on any atom is 0.257 e. The molecular weight excluding hydrogens is 202 g/mol. The second-order valence-corrected chi connectivity index (χ2v) is 3.03. The van der Waals surface area contributed by atoms with E-state index in [1.807, 2.05) is 0 Å². The Labute approximate surface area is 87.5 Å². The zero-order valence-corrected chi connectivity index (χ0v) is 8.71. The molecule has 0 fully saturated rings. The lowest BCUT2D eigenvalue weighted by atomic mass is 10.1. The summed E-state index contributed by atoms with van der Waals surface area (Å²) in [5.74, 6) is 0.482. The van der Waals surface area contributed by atoms with Gasteiger partial charge in [-0.25, -0.2) is 8.78 Å². The van der Waals surface area contributed by atoms with Gasteiger partial charge in [-0.3, -0.25) is 4.98 Å². The number of nitrogens with zero attached hydrogens (tertiary/aromatic N) is 1. The number of hydrogen-bond donors (Lipinski definition) is 1. The van der Waals surface area contributed by atoms with Crippen LogP contribution in [0.15, 0.2) is 18.5 Å². The Morgan fingerprint density at radius 3 is 2.73 bits per heavy atom. The standard InChI is InChI=1S/C10H14F2N2O/c1-3-14-9(10(11)12)7-4-8(15-2)6-13-5-7/h4-6,9-10,14H,3H2,1-2H3. The van der Waals surface area contributed by atoms with Crippen LogP contribution in [-0.4, -0.2) is 25.1 Å². The molecule has 0 spiro atoms. The third-order valence-electron chi connectivity index (χ3n) is 2.01. The summed E-state index contributed by atoms with van der Waals surface area (Å²) in [4.78, 5) is 3.84. The number of alkyl halides is 2. The summed E-state index contributed by atoms with van der Waals surface area (Å²) in [5.41, 5.74) is 0.436. The Hall–Kier alpha value is -1.23. The van der Waals surface area contributed by atoms with Crippen LogP contribution in [0.4, 0.5) is 8.78 Å². The molecule has 1 rings (SSSR count). The highest BCUT2D eigenvalue weighted by Crippen LogP contribution is 2.22. The van der Waals surface area contributed by atoms with Crippen molar-refractivity contribution in [2.24, 2.45) is 0 Å². The Balaban J connectivity index is 2.89. The van der Waals surface area contributed by atoms with E-state index in [2.05, 4.69) is 10.3 Å². The third kappa shape index (κ3) is 3.13. The van der Waals surface area contributed by atoms with Gasteiger partial charge in [-0.1, -0.05) is 6.92 Å². The van der Waals surface area contributed by atoms with E-state index in [0.29, 0.717) is 17.9 Å². The molecule has 1 atom stereocenters. The zero-order valence-electron chi connectivity index (χ0n) is 8.71. The third-order valence-corrected chi connectivity index (χ3v) is 2.01. The van der Waals surface area contributed by atoms with Gasteiger partial charge in [0.1, 0.15) is 5.75 Å². The second-order valence-electron chi connectivity index (χ2n) is 3.03. The van der Waals surface area contributed by atoms with Crippen LogP contribution >= 0.6 is 0 Å². The molecule has 84 valence electrons. The summed E-state index contributed by atoms with van der Waals surface area (Å²) in [5, 5.41) is 2.70. The van der Waals surface area contributed by atoms with Gasteiger partial charge < -0.3 is 10.1 Å². The Kier molecular flexibility index (Phi) is 4.42. The second kappa shape index (κ2) is 5.60. The fraction of sp³-hybridized carbons (Fsp3) is 0.500. The van der Waals surface area contributed by atoms with Crippen molar-refractivity contribution in [1.29, 1.82) is 0 Å². The first kappa shape index (κ1) is 11.8. The van der Waals surface area contributed by atoms with E-state index in [4.69, 9.17) is 4.74 Å². The van der Waals surface area contributed by atoms with Crippen LogP contribution in [0.5, 0.6) is 5.75 Å². The van der Waals surface area contributed by atoms with Crippen LogP contribution in [-0.2, 0) is 0 Å². The molecule has 1 unspecified atom stereocenters. The van der Waals surface area contributed by atoms with Crippen molar-refractivity contribution in [3.8, 4) is 5.75 Å². The number of pyridine rings is 1. The average Bonchev–Trinajstić information content (AvgIpc) is 2.25. The molecule has 0 aliphatic rings. The molecule has 0 saturated heterocycles. The number of methoxy groups -OCH3 is 1. The highest BCUT2D eigenvalue weighted by Gasteiger charge is 2.21. The number of halogens is 2. The molecule has 0 radical (unpaired) electrons. The Bertz CT molecular complexity index is 307. The maximum absolute atomic E-state index is 12.7. The minimum absolute atomic E-state index is 0.436. The van der Waals surface area contributed by atoms with Crippen LogP contribution in [0.3, 0.4) is 0 Å². The Morgan fingerprint density at radius 2 is 2.20 bits per heavy atom. The number of nitrogens with one attached hydrogen (secondary N) is 1. The summed E-state index contributed by atoms with van der Waals surface area (Å²) >= 11 is 0. The first-order chi connectivity index (χ1) is 7.19. The van der Waals surface area contributed by atoms with E-state index in [1.165, 1.54) is 19.5 Å². The molecule has 0 aliphatic heterocycles. The molecule has 0 aliphatic carbocycles. The highest BCUT2D eigenvalue weighted by atomic mass is 19.3. The van der Waals surface area contributed by atoms with Crippen LogP contribution in [0.25, 0.3) is 0 Å². The van der Waals surface area contributed by atoms with Crippen molar-refractivity contribution >= 4 is 0 Å². The van der Waals surface area contributed by atoms with E-state index < -0.39 is 12.5 Å². The molecule has 1 aromatic rings. The van der Waals surface area contributed by atoms with Crippen LogP contribution < -0.4 is 10.1 Å². The predicted molar refractivity (Wildman–Crippen MR) is 53.2 cm³/mol. The van der Waals surface area contributed by atoms with Gasteiger partial charge in [-0.2, -0.15) is 0 Å². The Morgan fingerprint density at radius 1 is 1.47 bits per heavy atom. The van der Waals surface area contributed by atoms with Gasteiger partial charge in [0, 0.05) is 6.20 Å². The van der Waals surface area contributed by atoms with Crippen molar-refractivity contribution in [3.63, 3.8) is 0 Å². The topological polar surface area (TPSA) is 34.2 Å². The first-order valence-electron chi connectivity index (χ1n) is 4.69. The van der Waals surface area contributed by atoms with Crippen molar-refractivity contribution in [3.05, 3.63) is 24.0 Å². The lowest BCUT2D eigenvalue weighted by Crippen LogP contribution is -2.27. The largest absolute Gasteiger partial charge is 0.495 e. The summed E-state index contributed by atoms with van der Waals surface area (Å²) in [6.07, 6.45) is 0.443. The lowest BCUT2D eigenvalue weighted by molar-refractivity contribution is 0.0990. The smallest absolute Gasteiger partial charge is 0.257 e. The molecule has 0 amide bonds. The van der Waals surface area contributed by atoms with E-state index in [9.17, 15) is 8.78 Å². The number of hydrogen-bond acceptors (Lipinski definition) is 3. The first-order valence-corrected chi connectivity index (χ1v) is 4.69. The minimum atomic E-state index is -2.46. The number of ether oxygens (including phenoxy) is 1. The molecule has 5 heteroatoms. The van der Waals surface area contributed by atoms with Gasteiger partial charge in [-0.15, -0.1) is 0 Å². The molecule has 0 saturated carbocycles. The van der Waals surface area contributed by atoms with Crippen molar-refractivity contribution < 1.29 is 13.5 Å². The van der Waals surface area contributed by atoms with Gasteiger partial charge in [-0.05, 0) is 18.2 Å². The van der Waals surface area contributed by atoms with Crippen molar-refractivity contribution in [2.75, 3.05) is 13.7 Å². The molecule has 3 nitrogen and oxygen atoms in total. The van der Waals surface area contributed by atoms with E-state index in [1.54, 1.807) is 13.0 Å². The van der Waals surface area contributed by atoms with Gasteiger partial charge in [0.25, 0.3) is 6.43 Å². The molecule has 1 aromatic heterocycles. The van der Waals surface area contributed by atoms with E-state index in [0.717, 1.165) is 0 Å². The summed E-state index contributed by atoms with van der Waals surface area (Å²) < 4.78 is 30.3. The maximum atomic E-state index is 12.7. The monoisotopic (exact) mass is 216 g/mol. The highest BCUT2D eigenvalue weighted by molar-refractivity contribution is 5.26. The lowest BCUT2D eigenvalue weighted by Gasteiger charge is -2.17. The van der Waals surface area contributed by atoms with Crippen molar-refractivity contribution in [2.45, 2.75) is 19.4 Å². The number of aromatic nitrogens is 1. The average molecular weight is 216 g/mol. The fourth-order valence-corrected chi connectivity index (χ4v) is 1.29. The number of rotatable bonds is 5. The molecule has 0 aromatic carbocycles. The van der Waals surface area contributed by atoms with Crippen molar-refractivity contribution in [1.82, 2.24) is 10.3 Å².